The number of hydrogen-bond donors (Lipinski definition) is 1. The summed E-state index contributed by atoms with van der Waals surface area (Å²) in [5.41, 5.74) is 0. The van der Waals surface area contributed by atoms with Crippen molar-refractivity contribution in [3.05, 3.63) is 0 Å². The summed E-state index contributed by atoms with van der Waals surface area (Å²) in [6.07, 6.45) is 0. The molecule has 0 aromatic carbocycles. The van der Waals surface area contributed by atoms with Crippen LogP contribution in [0.15, 0.2) is 0 Å². The average molecular weight is 226 g/mol. The fourth-order valence-corrected chi connectivity index (χ4v) is 2.52. The van der Waals surface area contributed by atoms with Crippen molar-refractivity contribution in [3.8, 4) is 0 Å². The molecular weight excluding hydrogens is 196 g/mol. The summed E-state index contributed by atoms with van der Waals surface area (Å²) in [5.74, 6) is 3.31. The van der Waals surface area contributed by atoms with Crippen LogP contribution >= 0.6 is 0 Å². The Kier molecular flexibility index (Phi) is 5.77. The summed E-state index contributed by atoms with van der Waals surface area (Å²) in [4.78, 5) is 2.64. The molecule has 96 valence electrons. The van der Waals surface area contributed by atoms with Crippen molar-refractivity contribution in [1.29, 1.82) is 0 Å². The molecule has 0 spiro atoms. The Bertz CT molecular complexity index is 181. The lowest BCUT2D eigenvalue weighted by atomic mass is 10.0. The molecule has 16 heavy (non-hydrogen) atoms. The Balaban J connectivity index is 2.12. The highest BCUT2D eigenvalue weighted by atomic mass is 15.2. The molecule has 1 aliphatic heterocycles. The van der Waals surface area contributed by atoms with Crippen molar-refractivity contribution >= 4 is 0 Å². The molecule has 0 aromatic rings. The van der Waals surface area contributed by atoms with Crippen molar-refractivity contribution in [2.75, 3.05) is 32.7 Å². The van der Waals surface area contributed by atoms with Crippen molar-refractivity contribution in [3.63, 3.8) is 0 Å². The third-order valence-electron chi connectivity index (χ3n) is 3.68. The smallest absolute Gasteiger partial charge is 0.00194 e. The largest absolute Gasteiger partial charge is 0.316 e. The normalized spacial score (nSPS) is 28.9. The number of hydrogen-bond acceptors (Lipinski definition) is 2. The van der Waals surface area contributed by atoms with Crippen molar-refractivity contribution in [2.24, 2.45) is 23.7 Å². The van der Waals surface area contributed by atoms with Crippen molar-refractivity contribution in [1.82, 2.24) is 10.2 Å². The Hall–Kier alpha value is -0.0800. The third-order valence-corrected chi connectivity index (χ3v) is 3.68. The van der Waals surface area contributed by atoms with E-state index in [1.165, 1.54) is 19.6 Å². The van der Waals surface area contributed by atoms with Crippen LogP contribution in [0.2, 0.25) is 0 Å². The number of likely N-dealkylation sites (tertiary alicyclic amines) is 1. The molecule has 1 heterocycles. The highest BCUT2D eigenvalue weighted by Crippen LogP contribution is 2.22. The molecule has 0 bridgehead atoms. The predicted octanol–water partition coefficient (Wildman–Crippen LogP) is 2.46. The van der Waals surface area contributed by atoms with Gasteiger partial charge in [0.15, 0.2) is 0 Å². The van der Waals surface area contributed by atoms with Gasteiger partial charge in [0.05, 0.1) is 0 Å². The quantitative estimate of drug-likeness (QED) is 0.748. The molecule has 2 heteroatoms. The third kappa shape index (κ3) is 4.84. The van der Waals surface area contributed by atoms with E-state index in [9.17, 15) is 0 Å². The predicted molar refractivity (Wildman–Crippen MR) is 71.6 cm³/mol. The first-order chi connectivity index (χ1) is 7.49. The van der Waals surface area contributed by atoms with E-state index in [4.69, 9.17) is 0 Å². The van der Waals surface area contributed by atoms with Gasteiger partial charge in [-0.15, -0.1) is 0 Å². The highest BCUT2D eigenvalue weighted by Gasteiger charge is 2.26. The lowest BCUT2D eigenvalue weighted by Crippen LogP contribution is -2.33. The monoisotopic (exact) mass is 226 g/mol. The first-order valence-electron chi connectivity index (χ1n) is 6.92. The standard InChI is InChI=1S/C14H30N2/c1-11(2)6-15-7-12(3)8-16-9-13(4)14(5)10-16/h11-15H,6-10H2,1-5H3. The van der Waals surface area contributed by atoms with Gasteiger partial charge in [-0.3, -0.25) is 0 Å². The molecule has 0 aromatic heterocycles. The zero-order valence-corrected chi connectivity index (χ0v) is 11.8. The summed E-state index contributed by atoms with van der Waals surface area (Å²) in [6, 6.07) is 0. The Labute approximate surface area is 102 Å². The second kappa shape index (κ2) is 6.61. The zero-order chi connectivity index (χ0) is 12.1. The second-order valence-corrected chi connectivity index (χ2v) is 6.33. The molecule has 0 saturated carbocycles. The minimum absolute atomic E-state index is 0.763. The maximum Gasteiger partial charge on any atom is 0.00194 e. The lowest BCUT2D eigenvalue weighted by molar-refractivity contribution is 0.271. The number of rotatable bonds is 6. The first kappa shape index (κ1) is 14.0. The molecular formula is C14H30N2. The molecule has 0 aliphatic carbocycles. The Morgan fingerprint density at radius 2 is 1.62 bits per heavy atom. The first-order valence-corrected chi connectivity index (χ1v) is 6.92. The fourth-order valence-electron chi connectivity index (χ4n) is 2.52. The maximum atomic E-state index is 3.55. The van der Waals surface area contributed by atoms with Crippen LogP contribution < -0.4 is 5.32 Å². The van der Waals surface area contributed by atoms with Crippen LogP contribution in [0.3, 0.4) is 0 Å². The Morgan fingerprint density at radius 1 is 1.06 bits per heavy atom. The van der Waals surface area contributed by atoms with E-state index in [-0.39, 0.29) is 0 Å². The lowest BCUT2D eigenvalue weighted by Gasteiger charge is -2.21. The van der Waals surface area contributed by atoms with Crippen LogP contribution in [-0.4, -0.2) is 37.6 Å². The number of nitrogens with one attached hydrogen (secondary N) is 1. The van der Waals surface area contributed by atoms with Gasteiger partial charge in [0.25, 0.3) is 0 Å². The van der Waals surface area contributed by atoms with Crippen LogP contribution in [0.4, 0.5) is 0 Å². The SMILES string of the molecule is CC(C)CNCC(C)CN1CC(C)C(C)C1. The van der Waals surface area contributed by atoms with E-state index in [1.54, 1.807) is 0 Å². The number of nitrogens with zero attached hydrogens (tertiary/aromatic N) is 1. The van der Waals surface area contributed by atoms with Gasteiger partial charge in [-0.25, -0.2) is 0 Å². The molecule has 0 radical (unpaired) electrons. The van der Waals surface area contributed by atoms with E-state index in [0.29, 0.717) is 0 Å². The molecule has 2 nitrogen and oxygen atoms in total. The molecule has 1 N–H and O–H groups in total. The van der Waals surface area contributed by atoms with Crippen LogP contribution in [0.5, 0.6) is 0 Å². The van der Waals surface area contributed by atoms with Gasteiger partial charge in [0.2, 0.25) is 0 Å². The van der Waals surface area contributed by atoms with E-state index in [0.717, 1.165) is 36.8 Å². The van der Waals surface area contributed by atoms with Crippen LogP contribution in [0.1, 0.15) is 34.6 Å². The van der Waals surface area contributed by atoms with Gasteiger partial charge >= 0.3 is 0 Å². The van der Waals surface area contributed by atoms with Gasteiger partial charge in [-0.2, -0.15) is 0 Å². The molecule has 1 saturated heterocycles. The second-order valence-electron chi connectivity index (χ2n) is 6.33. The summed E-state index contributed by atoms with van der Waals surface area (Å²) >= 11 is 0. The average Bonchev–Trinajstić information content (AvgIpc) is 2.44. The topological polar surface area (TPSA) is 15.3 Å². The Morgan fingerprint density at radius 3 is 2.12 bits per heavy atom. The van der Waals surface area contributed by atoms with E-state index >= 15 is 0 Å². The zero-order valence-electron chi connectivity index (χ0n) is 11.8. The van der Waals surface area contributed by atoms with E-state index in [2.05, 4.69) is 44.8 Å². The van der Waals surface area contributed by atoms with Gasteiger partial charge in [0.1, 0.15) is 0 Å². The van der Waals surface area contributed by atoms with Gasteiger partial charge in [0, 0.05) is 19.6 Å². The minimum atomic E-state index is 0.763. The highest BCUT2D eigenvalue weighted by molar-refractivity contribution is 4.79. The molecule has 1 fully saturated rings. The molecule has 3 atom stereocenters. The summed E-state index contributed by atoms with van der Waals surface area (Å²) in [7, 11) is 0. The van der Waals surface area contributed by atoms with Gasteiger partial charge < -0.3 is 10.2 Å². The van der Waals surface area contributed by atoms with Crippen LogP contribution in [-0.2, 0) is 0 Å². The van der Waals surface area contributed by atoms with Crippen LogP contribution in [0, 0.1) is 23.7 Å². The van der Waals surface area contributed by atoms with E-state index in [1.807, 2.05) is 0 Å². The minimum Gasteiger partial charge on any atom is -0.316 e. The van der Waals surface area contributed by atoms with Gasteiger partial charge in [-0.1, -0.05) is 34.6 Å². The summed E-state index contributed by atoms with van der Waals surface area (Å²) in [6.45, 7) is 17.8. The molecule has 3 unspecified atom stereocenters. The van der Waals surface area contributed by atoms with Crippen LogP contribution in [0.25, 0.3) is 0 Å². The molecule has 1 aliphatic rings. The van der Waals surface area contributed by atoms with Crippen molar-refractivity contribution in [2.45, 2.75) is 34.6 Å². The van der Waals surface area contributed by atoms with Gasteiger partial charge in [-0.05, 0) is 36.8 Å². The maximum absolute atomic E-state index is 3.55. The van der Waals surface area contributed by atoms with E-state index < -0.39 is 0 Å². The molecule has 0 amide bonds. The molecule has 1 rings (SSSR count). The summed E-state index contributed by atoms with van der Waals surface area (Å²) < 4.78 is 0. The van der Waals surface area contributed by atoms with Crippen molar-refractivity contribution < 1.29 is 0 Å². The summed E-state index contributed by atoms with van der Waals surface area (Å²) in [5, 5.41) is 3.55. The fraction of sp³-hybridized carbons (Fsp3) is 1.00.